The average Bonchev–Trinajstić information content (AvgIpc) is 3.19. The Labute approximate surface area is 361 Å². The van der Waals surface area contributed by atoms with Crippen molar-refractivity contribution in [3.05, 3.63) is 0 Å². The Morgan fingerprint density at radius 2 is 0.569 bits per heavy atom. The summed E-state index contributed by atoms with van der Waals surface area (Å²) >= 11 is 0. The van der Waals surface area contributed by atoms with Gasteiger partial charge in [0.25, 0.3) is 0 Å². The molecule has 58 heavy (non-hydrogen) atoms. The molecule has 0 aromatic carbocycles. The molecule has 0 radical (unpaired) electrons. The molecular formula is C52H100O6. The summed E-state index contributed by atoms with van der Waals surface area (Å²) in [4.78, 5) is 37.9. The maximum atomic E-state index is 12.7. The molecule has 0 N–H and O–H groups in total. The number of unbranched alkanes of at least 4 members (excludes halogenated alkanes) is 31. The molecular weight excluding hydrogens is 721 g/mol. The molecule has 0 saturated heterocycles. The minimum absolute atomic E-state index is 0.0646. The summed E-state index contributed by atoms with van der Waals surface area (Å²) in [6.45, 7) is 11.3. The van der Waals surface area contributed by atoms with Crippen molar-refractivity contribution >= 4 is 17.9 Å². The zero-order valence-corrected chi connectivity index (χ0v) is 39.7. The molecule has 0 aromatic rings. The van der Waals surface area contributed by atoms with Crippen LogP contribution in [0.1, 0.15) is 285 Å². The van der Waals surface area contributed by atoms with E-state index in [4.69, 9.17) is 14.2 Å². The molecule has 0 heterocycles. The van der Waals surface area contributed by atoms with Crippen LogP contribution in [0, 0.1) is 11.8 Å². The molecule has 0 aliphatic heterocycles. The van der Waals surface area contributed by atoms with Crippen molar-refractivity contribution in [2.45, 2.75) is 291 Å². The van der Waals surface area contributed by atoms with E-state index in [0.29, 0.717) is 19.3 Å². The lowest BCUT2D eigenvalue weighted by Crippen LogP contribution is -2.30. The molecule has 0 unspecified atom stereocenters. The Balaban J connectivity index is 4.25. The second-order valence-electron chi connectivity index (χ2n) is 18.8. The van der Waals surface area contributed by atoms with Gasteiger partial charge in [0.05, 0.1) is 0 Å². The number of hydrogen-bond donors (Lipinski definition) is 0. The van der Waals surface area contributed by atoms with Crippen molar-refractivity contribution < 1.29 is 28.6 Å². The molecule has 6 heteroatoms. The van der Waals surface area contributed by atoms with E-state index < -0.39 is 6.10 Å². The molecule has 6 nitrogen and oxygen atoms in total. The van der Waals surface area contributed by atoms with Gasteiger partial charge < -0.3 is 14.2 Å². The van der Waals surface area contributed by atoms with E-state index in [1.165, 1.54) is 173 Å². The van der Waals surface area contributed by atoms with Crippen LogP contribution in [0.25, 0.3) is 0 Å². The minimum Gasteiger partial charge on any atom is -0.462 e. The van der Waals surface area contributed by atoms with E-state index in [2.05, 4.69) is 34.6 Å². The molecule has 0 bridgehead atoms. The van der Waals surface area contributed by atoms with Crippen LogP contribution in [0.15, 0.2) is 0 Å². The fourth-order valence-corrected chi connectivity index (χ4v) is 7.81. The van der Waals surface area contributed by atoms with Crippen molar-refractivity contribution in [3.8, 4) is 0 Å². The van der Waals surface area contributed by atoms with Gasteiger partial charge in [-0.15, -0.1) is 0 Å². The predicted octanol–water partition coefficient (Wildman–Crippen LogP) is 16.5. The molecule has 0 amide bonds. The highest BCUT2D eigenvalue weighted by Crippen LogP contribution is 2.17. The van der Waals surface area contributed by atoms with Crippen molar-refractivity contribution in [3.63, 3.8) is 0 Å². The van der Waals surface area contributed by atoms with Crippen molar-refractivity contribution in [2.24, 2.45) is 11.8 Å². The summed E-state index contributed by atoms with van der Waals surface area (Å²) in [5.41, 5.74) is 0. The van der Waals surface area contributed by atoms with E-state index in [1.54, 1.807) is 0 Å². The summed E-state index contributed by atoms with van der Waals surface area (Å²) in [6.07, 6.45) is 45.3. The summed E-state index contributed by atoms with van der Waals surface area (Å²) in [5, 5.41) is 0. The summed E-state index contributed by atoms with van der Waals surface area (Å²) in [7, 11) is 0. The van der Waals surface area contributed by atoms with E-state index >= 15 is 0 Å². The number of rotatable bonds is 46. The first-order valence-electron chi connectivity index (χ1n) is 25.7. The van der Waals surface area contributed by atoms with Crippen LogP contribution in [0.5, 0.6) is 0 Å². The number of ether oxygens (including phenoxy) is 3. The first kappa shape index (κ1) is 56.4. The highest BCUT2D eigenvalue weighted by Gasteiger charge is 2.19. The third-order valence-corrected chi connectivity index (χ3v) is 11.7. The Hall–Kier alpha value is -1.59. The largest absolute Gasteiger partial charge is 0.462 e. The van der Waals surface area contributed by atoms with E-state index in [-0.39, 0.29) is 31.1 Å². The maximum absolute atomic E-state index is 12.7. The summed E-state index contributed by atoms with van der Waals surface area (Å²) in [5.74, 6) is 0.734. The predicted molar refractivity (Wildman–Crippen MR) is 247 cm³/mol. The van der Waals surface area contributed by atoms with Crippen LogP contribution >= 0.6 is 0 Å². The first-order valence-corrected chi connectivity index (χ1v) is 25.7. The van der Waals surface area contributed by atoms with Gasteiger partial charge in [-0.2, -0.15) is 0 Å². The van der Waals surface area contributed by atoms with Crippen LogP contribution < -0.4 is 0 Å². The van der Waals surface area contributed by atoms with Gasteiger partial charge in [0.1, 0.15) is 13.2 Å². The van der Waals surface area contributed by atoms with E-state index in [9.17, 15) is 14.4 Å². The first-order chi connectivity index (χ1) is 28.2. The number of hydrogen-bond acceptors (Lipinski definition) is 6. The molecule has 344 valence electrons. The molecule has 1 atom stereocenters. The Morgan fingerprint density at radius 1 is 0.328 bits per heavy atom. The Bertz CT molecular complexity index is 885. The lowest BCUT2D eigenvalue weighted by Gasteiger charge is -2.18. The molecule has 0 aliphatic carbocycles. The Morgan fingerprint density at radius 3 is 0.845 bits per heavy atom. The molecule has 0 spiro atoms. The average molecular weight is 821 g/mol. The summed E-state index contributed by atoms with van der Waals surface area (Å²) in [6, 6.07) is 0. The highest BCUT2D eigenvalue weighted by molar-refractivity contribution is 5.71. The van der Waals surface area contributed by atoms with Gasteiger partial charge in [-0.1, -0.05) is 247 Å². The third-order valence-electron chi connectivity index (χ3n) is 11.7. The second-order valence-corrected chi connectivity index (χ2v) is 18.8. The van der Waals surface area contributed by atoms with Gasteiger partial charge >= 0.3 is 17.9 Å². The van der Waals surface area contributed by atoms with E-state index in [1.807, 2.05) is 0 Å². The van der Waals surface area contributed by atoms with Crippen LogP contribution in [0.4, 0.5) is 0 Å². The molecule has 0 aromatic heterocycles. The third kappa shape index (κ3) is 45.5. The number of esters is 3. The van der Waals surface area contributed by atoms with Crippen LogP contribution in [0.3, 0.4) is 0 Å². The fraction of sp³-hybridized carbons (Fsp3) is 0.942. The fourth-order valence-electron chi connectivity index (χ4n) is 7.81. The normalized spacial score (nSPS) is 12.1. The van der Waals surface area contributed by atoms with Gasteiger partial charge in [0, 0.05) is 19.3 Å². The maximum Gasteiger partial charge on any atom is 0.306 e. The quantitative estimate of drug-likeness (QED) is 0.0346. The Kier molecular flexibility index (Phi) is 43.7. The van der Waals surface area contributed by atoms with Crippen molar-refractivity contribution in [2.75, 3.05) is 13.2 Å². The monoisotopic (exact) mass is 821 g/mol. The van der Waals surface area contributed by atoms with Gasteiger partial charge in [0.15, 0.2) is 6.10 Å². The van der Waals surface area contributed by atoms with Crippen LogP contribution in [0.2, 0.25) is 0 Å². The van der Waals surface area contributed by atoms with Crippen LogP contribution in [-0.2, 0) is 28.6 Å². The van der Waals surface area contributed by atoms with Gasteiger partial charge in [-0.05, 0) is 31.1 Å². The molecule has 0 aliphatic rings. The zero-order valence-electron chi connectivity index (χ0n) is 39.7. The summed E-state index contributed by atoms with van der Waals surface area (Å²) < 4.78 is 16.8. The minimum atomic E-state index is -0.762. The topological polar surface area (TPSA) is 78.9 Å². The van der Waals surface area contributed by atoms with Gasteiger partial charge in [0.2, 0.25) is 0 Å². The lowest BCUT2D eigenvalue weighted by atomic mass is 10.0. The van der Waals surface area contributed by atoms with Crippen LogP contribution in [-0.4, -0.2) is 37.2 Å². The second kappa shape index (κ2) is 44.9. The van der Waals surface area contributed by atoms with Crippen molar-refractivity contribution in [1.82, 2.24) is 0 Å². The standard InChI is InChI=1S/C52H100O6/c1-6-7-8-9-10-11-12-13-14-15-16-17-18-19-22-27-32-37-42-50(53)56-45-49(46-57-51(54)43-38-33-29-24-26-31-36-41-48(4)5)58-52(55)44-39-34-28-23-20-21-25-30-35-40-47(2)3/h47-49H,6-46H2,1-5H3/t49-/m1/s1. The van der Waals surface area contributed by atoms with Gasteiger partial charge in [-0.25, -0.2) is 0 Å². The smallest absolute Gasteiger partial charge is 0.306 e. The highest BCUT2D eigenvalue weighted by atomic mass is 16.6. The molecule has 0 saturated carbocycles. The SMILES string of the molecule is CCCCCCCCCCCCCCCCCCCCC(=O)OC[C@H](COC(=O)CCCCCCCCCC(C)C)OC(=O)CCCCCCCCCCCC(C)C. The number of carbonyl (C=O) groups is 3. The van der Waals surface area contributed by atoms with Crippen molar-refractivity contribution in [1.29, 1.82) is 0 Å². The lowest BCUT2D eigenvalue weighted by molar-refractivity contribution is -0.167. The van der Waals surface area contributed by atoms with E-state index in [0.717, 1.165) is 69.6 Å². The molecule has 0 fully saturated rings. The molecule has 0 rings (SSSR count). The van der Waals surface area contributed by atoms with Gasteiger partial charge in [-0.3, -0.25) is 14.4 Å². The number of carbonyl (C=O) groups excluding carboxylic acids is 3. The zero-order chi connectivity index (χ0) is 42.6.